The Morgan fingerprint density at radius 3 is 3.00 bits per heavy atom. The van der Waals surface area contributed by atoms with Crippen LogP contribution in [0.4, 0.5) is 16.4 Å². The van der Waals surface area contributed by atoms with Crippen molar-refractivity contribution in [3.05, 3.63) is 34.9 Å². The van der Waals surface area contributed by atoms with E-state index in [1.165, 1.54) is 33.6 Å². The van der Waals surface area contributed by atoms with E-state index in [1.807, 2.05) is 0 Å². The van der Waals surface area contributed by atoms with Crippen molar-refractivity contribution < 1.29 is 19.1 Å². The zero-order valence-electron chi connectivity index (χ0n) is 18.1. The number of nitrogens with one attached hydrogen (secondary N) is 2. The number of hydrogen-bond donors (Lipinski definition) is 2. The van der Waals surface area contributed by atoms with Gasteiger partial charge in [0.15, 0.2) is 17.3 Å². The van der Waals surface area contributed by atoms with Crippen molar-refractivity contribution in [1.29, 1.82) is 0 Å². The number of ether oxygens (including phenoxy) is 2. The van der Waals surface area contributed by atoms with Crippen molar-refractivity contribution in [2.45, 2.75) is 11.1 Å². The van der Waals surface area contributed by atoms with Gasteiger partial charge in [-0.05, 0) is 6.07 Å². The Labute approximate surface area is 196 Å². The molecule has 0 bridgehead atoms. The van der Waals surface area contributed by atoms with Crippen LogP contribution in [0.15, 0.2) is 34.3 Å². The first kappa shape index (κ1) is 22.0. The molecule has 34 heavy (non-hydrogen) atoms. The summed E-state index contributed by atoms with van der Waals surface area (Å²) in [7, 11) is 1.63. The molecule has 3 aromatic rings. The molecule has 14 heteroatoms. The van der Waals surface area contributed by atoms with Gasteiger partial charge in [-0.1, -0.05) is 11.8 Å². The van der Waals surface area contributed by atoms with Gasteiger partial charge in [0.25, 0.3) is 5.56 Å². The molecule has 5 rings (SSSR count). The largest absolute Gasteiger partial charge is 0.476 e. The fourth-order valence-corrected chi connectivity index (χ4v) is 4.16. The first-order valence-corrected chi connectivity index (χ1v) is 11.4. The van der Waals surface area contributed by atoms with Crippen molar-refractivity contribution in [2.75, 3.05) is 42.2 Å². The number of aryl methyl sites for hydroxylation is 1. The van der Waals surface area contributed by atoms with Crippen LogP contribution in [0.25, 0.3) is 11.2 Å². The second-order valence-corrected chi connectivity index (χ2v) is 8.50. The average molecular weight is 484 g/mol. The molecule has 2 aliphatic rings. The van der Waals surface area contributed by atoms with E-state index in [-0.39, 0.29) is 23.3 Å². The van der Waals surface area contributed by atoms with E-state index >= 15 is 0 Å². The molecule has 176 valence electrons. The van der Waals surface area contributed by atoms with Gasteiger partial charge in [0.2, 0.25) is 11.8 Å². The molecule has 2 aliphatic heterocycles. The molecule has 0 aliphatic carbocycles. The van der Waals surface area contributed by atoms with Crippen LogP contribution in [0.2, 0.25) is 0 Å². The molecule has 13 nitrogen and oxygen atoms in total. The Kier molecular flexibility index (Phi) is 5.98. The minimum absolute atomic E-state index is 0.156. The summed E-state index contributed by atoms with van der Waals surface area (Å²) in [5.41, 5.74) is 0.799. The molecule has 1 atom stereocenters. The van der Waals surface area contributed by atoms with E-state index in [9.17, 15) is 14.4 Å². The Bertz CT molecular complexity index is 1330. The van der Waals surface area contributed by atoms with Crippen molar-refractivity contribution in [3.63, 3.8) is 0 Å². The lowest BCUT2D eigenvalue weighted by Crippen LogP contribution is -2.33. The van der Waals surface area contributed by atoms with Crippen LogP contribution in [-0.2, 0) is 16.6 Å². The molecule has 1 fully saturated rings. The Hall–Kier alpha value is -3.78. The topological polar surface area (TPSA) is 153 Å². The first-order chi connectivity index (χ1) is 16.5. The van der Waals surface area contributed by atoms with Gasteiger partial charge in [-0.2, -0.15) is 4.98 Å². The van der Waals surface area contributed by atoms with Gasteiger partial charge in [0, 0.05) is 26.2 Å². The lowest BCUT2D eigenvalue weighted by atomic mass is 10.3. The van der Waals surface area contributed by atoms with Gasteiger partial charge in [-0.15, -0.1) is 0 Å². The molecule has 0 spiro atoms. The molecule has 0 saturated carbocycles. The summed E-state index contributed by atoms with van der Waals surface area (Å²) in [4.78, 5) is 54.0. The van der Waals surface area contributed by atoms with Gasteiger partial charge in [-0.3, -0.25) is 19.1 Å². The van der Waals surface area contributed by atoms with Crippen LogP contribution in [0.3, 0.4) is 0 Å². The van der Waals surface area contributed by atoms with Gasteiger partial charge < -0.3 is 20.1 Å². The number of nitrogens with zero attached hydrogens (tertiary/aromatic N) is 6. The van der Waals surface area contributed by atoms with Crippen LogP contribution in [0, 0.1) is 0 Å². The molecular weight excluding hydrogens is 464 g/mol. The zero-order valence-corrected chi connectivity index (χ0v) is 18.9. The summed E-state index contributed by atoms with van der Waals surface area (Å²) in [5, 5.41) is 6.47. The second-order valence-electron chi connectivity index (χ2n) is 7.54. The number of fused-ring (bicyclic) bond motifs is 2. The molecule has 1 unspecified atom stereocenters. The molecule has 5 heterocycles. The third kappa shape index (κ3) is 4.49. The van der Waals surface area contributed by atoms with E-state index in [0.717, 1.165) is 0 Å². The predicted molar refractivity (Wildman–Crippen MR) is 122 cm³/mol. The third-order valence-corrected chi connectivity index (χ3v) is 6.15. The summed E-state index contributed by atoms with van der Waals surface area (Å²) >= 11 is 1.30. The molecule has 2 N–H and O–H groups in total. The number of thioether (sulfide) groups is 1. The maximum absolute atomic E-state index is 12.3. The molecule has 3 aromatic heterocycles. The van der Waals surface area contributed by atoms with Crippen molar-refractivity contribution >= 4 is 46.6 Å². The highest BCUT2D eigenvalue weighted by atomic mass is 32.2. The van der Waals surface area contributed by atoms with Crippen molar-refractivity contribution in [2.24, 2.45) is 7.05 Å². The molecule has 0 aromatic carbocycles. The lowest BCUT2D eigenvalue weighted by Gasteiger charge is -2.17. The highest BCUT2D eigenvalue weighted by molar-refractivity contribution is 8.00. The van der Waals surface area contributed by atoms with E-state index in [0.29, 0.717) is 59.9 Å². The number of pyridine rings is 1. The number of amides is 2. The van der Waals surface area contributed by atoms with Crippen molar-refractivity contribution in [3.8, 4) is 5.88 Å². The fourth-order valence-electron chi connectivity index (χ4n) is 3.46. The molecule has 1 saturated heterocycles. The lowest BCUT2D eigenvalue weighted by molar-refractivity contribution is -0.113. The summed E-state index contributed by atoms with van der Waals surface area (Å²) in [6.07, 6.45) is 1.84. The van der Waals surface area contributed by atoms with E-state index in [1.54, 1.807) is 19.2 Å². The number of rotatable bonds is 7. The van der Waals surface area contributed by atoms with Gasteiger partial charge in [0.05, 0.1) is 24.7 Å². The SMILES string of the molecule is Cn1c(=O)cnc2ccc(OCCNCC3CN(c4cnc5c(n4)NC(=O)CS5)C(=O)O3)nc21. The number of anilines is 2. The van der Waals surface area contributed by atoms with Crippen LogP contribution < -0.4 is 25.8 Å². The van der Waals surface area contributed by atoms with Gasteiger partial charge >= 0.3 is 6.09 Å². The standard InChI is InChI=1S/C20H20N8O5S/c1-27-16(30)8-22-12-2-3-15(26-18(12)27)32-5-4-21-6-11-9-28(20(31)33-11)13-7-23-19-17(24-13)25-14(29)10-34-19/h2-3,7-8,11,21H,4-6,9-10H2,1H3,(H,24,25,29). The highest BCUT2D eigenvalue weighted by Crippen LogP contribution is 2.30. The number of hydrogen-bond acceptors (Lipinski definition) is 11. The summed E-state index contributed by atoms with van der Waals surface area (Å²) in [6, 6.07) is 3.43. The van der Waals surface area contributed by atoms with Crippen LogP contribution >= 0.6 is 11.8 Å². The number of carbonyl (C=O) groups excluding carboxylic acids is 2. The number of aromatic nitrogens is 5. The smallest absolute Gasteiger partial charge is 0.416 e. The molecular formula is C20H20N8O5S. The van der Waals surface area contributed by atoms with Crippen LogP contribution in [0.5, 0.6) is 5.88 Å². The number of carbonyl (C=O) groups is 2. The Balaban J connectivity index is 1.11. The van der Waals surface area contributed by atoms with E-state index < -0.39 is 6.09 Å². The first-order valence-electron chi connectivity index (χ1n) is 10.4. The molecule has 0 radical (unpaired) electrons. The monoisotopic (exact) mass is 484 g/mol. The quantitative estimate of drug-likeness (QED) is 0.441. The second kappa shape index (κ2) is 9.23. The zero-order chi connectivity index (χ0) is 23.7. The maximum atomic E-state index is 12.3. The van der Waals surface area contributed by atoms with Crippen LogP contribution in [0.1, 0.15) is 0 Å². The fraction of sp³-hybridized carbons (Fsp3) is 0.350. The Morgan fingerprint density at radius 1 is 1.24 bits per heavy atom. The Morgan fingerprint density at radius 2 is 2.12 bits per heavy atom. The van der Waals surface area contributed by atoms with E-state index in [4.69, 9.17) is 9.47 Å². The summed E-state index contributed by atoms with van der Waals surface area (Å²) in [5.74, 6) is 1.19. The normalized spacial score (nSPS) is 17.4. The highest BCUT2D eigenvalue weighted by Gasteiger charge is 2.34. The number of cyclic esters (lactones) is 1. The maximum Gasteiger partial charge on any atom is 0.416 e. The van der Waals surface area contributed by atoms with Gasteiger partial charge in [0.1, 0.15) is 23.3 Å². The molecule has 2 amide bonds. The van der Waals surface area contributed by atoms with E-state index in [2.05, 4.69) is 30.6 Å². The van der Waals surface area contributed by atoms with Gasteiger partial charge in [-0.25, -0.2) is 19.7 Å². The average Bonchev–Trinajstić information content (AvgIpc) is 3.21. The summed E-state index contributed by atoms with van der Waals surface area (Å²) in [6.45, 7) is 1.53. The van der Waals surface area contributed by atoms with Crippen LogP contribution in [-0.4, -0.2) is 74.6 Å². The third-order valence-electron chi connectivity index (χ3n) is 5.17. The van der Waals surface area contributed by atoms with Crippen molar-refractivity contribution in [1.82, 2.24) is 29.8 Å². The minimum Gasteiger partial charge on any atom is -0.476 e. The minimum atomic E-state index is -0.522. The summed E-state index contributed by atoms with van der Waals surface area (Å²) < 4.78 is 12.5. The predicted octanol–water partition coefficient (Wildman–Crippen LogP) is 0.156.